The Morgan fingerprint density at radius 1 is 1.06 bits per heavy atom. The molecule has 2 aliphatic heterocycles. The van der Waals surface area contributed by atoms with Crippen LogP contribution in [0.1, 0.15) is 30.0 Å². The van der Waals surface area contributed by atoms with Crippen molar-refractivity contribution >= 4 is 46.4 Å². The first-order valence-corrected chi connectivity index (χ1v) is 10.5. The molecule has 2 heterocycles. The zero-order chi connectivity index (χ0) is 23.5. The van der Waals surface area contributed by atoms with Crippen LogP contribution in [0.5, 0.6) is 0 Å². The van der Waals surface area contributed by atoms with Gasteiger partial charge in [-0.15, -0.1) is 0 Å². The predicted molar refractivity (Wildman–Crippen MR) is 113 cm³/mol. The molecular formula is C21H15Cl3F4N2O2. The molecule has 4 rings (SSSR count). The number of alkyl halides is 4. The Hall–Kier alpha value is -2.03. The Labute approximate surface area is 195 Å². The molecule has 0 aliphatic carbocycles. The van der Waals surface area contributed by atoms with E-state index in [0.717, 1.165) is 12.1 Å². The van der Waals surface area contributed by atoms with Crippen LogP contribution in [-0.4, -0.2) is 35.8 Å². The van der Waals surface area contributed by atoms with Crippen LogP contribution in [0.15, 0.2) is 41.6 Å². The molecule has 2 aromatic rings. The zero-order valence-corrected chi connectivity index (χ0v) is 18.7. The Kier molecular flexibility index (Phi) is 5.63. The first-order valence-electron chi connectivity index (χ1n) is 9.38. The molecule has 11 heteroatoms. The summed E-state index contributed by atoms with van der Waals surface area (Å²) in [6.45, 7) is 1.22. The molecule has 1 atom stereocenters. The number of hydrogen-bond acceptors (Lipinski definition) is 3. The minimum atomic E-state index is -4.84. The van der Waals surface area contributed by atoms with Gasteiger partial charge in [-0.05, 0) is 23.3 Å². The molecule has 4 nitrogen and oxygen atoms in total. The van der Waals surface area contributed by atoms with Gasteiger partial charge in [0.1, 0.15) is 0 Å². The fourth-order valence-electron chi connectivity index (χ4n) is 3.77. The first kappa shape index (κ1) is 23.1. The fourth-order valence-corrected chi connectivity index (χ4v) is 4.37. The van der Waals surface area contributed by atoms with Crippen LogP contribution in [0, 0.1) is 0 Å². The van der Waals surface area contributed by atoms with Crippen molar-refractivity contribution in [3.8, 4) is 0 Å². The number of halogens is 7. The van der Waals surface area contributed by atoms with Gasteiger partial charge in [-0.3, -0.25) is 4.79 Å². The van der Waals surface area contributed by atoms with E-state index in [4.69, 9.17) is 39.6 Å². The van der Waals surface area contributed by atoms with Crippen LogP contribution in [0.3, 0.4) is 0 Å². The van der Waals surface area contributed by atoms with Gasteiger partial charge in [0, 0.05) is 18.9 Å². The van der Waals surface area contributed by atoms with E-state index in [1.165, 1.54) is 36.1 Å². The largest absolute Gasteiger partial charge is 0.435 e. The van der Waals surface area contributed by atoms with E-state index >= 15 is 0 Å². The number of oxime groups is 1. The lowest BCUT2D eigenvalue weighted by molar-refractivity contribution is -0.275. The number of rotatable bonds is 3. The van der Waals surface area contributed by atoms with Crippen molar-refractivity contribution in [2.75, 3.05) is 13.1 Å². The zero-order valence-electron chi connectivity index (χ0n) is 16.4. The van der Waals surface area contributed by atoms with E-state index in [0.29, 0.717) is 11.1 Å². The standard InChI is InChI=1S/C21H15Cl3F4N2O2/c1-11(31)30-9-19(25,10-30)13-4-2-12(3-5-13)17-8-20(32-29-17,21(26,27)28)14-6-15(22)18(24)16(23)7-14/h2-7H,8-10H2,1H3. The van der Waals surface area contributed by atoms with E-state index in [-0.39, 0.29) is 45.3 Å². The quantitative estimate of drug-likeness (QED) is 0.362. The van der Waals surface area contributed by atoms with Crippen LogP contribution < -0.4 is 0 Å². The maximum atomic E-state index is 14.9. The topological polar surface area (TPSA) is 41.9 Å². The number of hydrogen-bond donors (Lipinski definition) is 0. The molecule has 1 unspecified atom stereocenters. The molecule has 0 saturated carbocycles. The minimum absolute atomic E-state index is 0.0305. The van der Waals surface area contributed by atoms with E-state index in [2.05, 4.69) is 5.16 Å². The highest BCUT2D eigenvalue weighted by molar-refractivity contribution is 6.48. The number of nitrogens with zero attached hydrogens (tertiary/aromatic N) is 2. The summed E-state index contributed by atoms with van der Waals surface area (Å²) in [5.41, 5.74) is -4.11. The third kappa shape index (κ3) is 3.72. The minimum Gasteiger partial charge on any atom is -0.374 e. The van der Waals surface area contributed by atoms with Gasteiger partial charge in [-0.2, -0.15) is 13.2 Å². The molecule has 0 spiro atoms. The van der Waals surface area contributed by atoms with Crippen LogP contribution in [-0.2, 0) is 20.9 Å². The number of likely N-dealkylation sites (tertiary alicyclic amines) is 1. The molecule has 0 N–H and O–H groups in total. The van der Waals surface area contributed by atoms with Crippen molar-refractivity contribution in [1.82, 2.24) is 4.90 Å². The summed E-state index contributed by atoms with van der Waals surface area (Å²) in [5, 5.41) is 3.32. The fraction of sp³-hybridized carbons (Fsp3) is 0.333. The van der Waals surface area contributed by atoms with E-state index in [9.17, 15) is 22.4 Å². The van der Waals surface area contributed by atoms with E-state index < -0.39 is 23.9 Å². The number of carbonyl (C=O) groups excluding carboxylic acids is 1. The number of benzene rings is 2. The number of amides is 1. The highest BCUT2D eigenvalue weighted by Gasteiger charge is 2.62. The SMILES string of the molecule is CC(=O)N1CC(F)(c2ccc(C3=NOC(c4cc(Cl)c(Cl)c(Cl)c4)(C(F)(F)F)C3)cc2)C1. The van der Waals surface area contributed by atoms with Crippen molar-refractivity contribution in [3.63, 3.8) is 0 Å². The molecule has 0 radical (unpaired) electrons. The van der Waals surface area contributed by atoms with E-state index in [1.54, 1.807) is 0 Å². The second-order valence-electron chi connectivity index (χ2n) is 7.80. The van der Waals surface area contributed by atoms with Gasteiger partial charge in [-0.1, -0.05) is 64.2 Å². The molecule has 32 heavy (non-hydrogen) atoms. The van der Waals surface area contributed by atoms with Crippen LogP contribution in [0.2, 0.25) is 15.1 Å². The summed E-state index contributed by atoms with van der Waals surface area (Å²) in [5.74, 6) is -0.224. The van der Waals surface area contributed by atoms with Crippen molar-refractivity contribution in [3.05, 3.63) is 68.2 Å². The Morgan fingerprint density at radius 3 is 2.12 bits per heavy atom. The summed E-state index contributed by atoms with van der Waals surface area (Å²) < 4.78 is 57.3. The molecule has 1 fully saturated rings. The van der Waals surface area contributed by atoms with Crippen molar-refractivity contribution in [2.45, 2.75) is 30.8 Å². The normalized spacial score (nSPS) is 22.2. The summed E-state index contributed by atoms with van der Waals surface area (Å²) in [6, 6.07) is 8.00. The van der Waals surface area contributed by atoms with Gasteiger partial charge in [0.15, 0.2) is 5.67 Å². The molecular weight excluding hydrogens is 495 g/mol. The second kappa shape index (κ2) is 7.78. The molecule has 0 aromatic heterocycles. The smallest absolute Gasteiger partial charge is 0.374 e. The monoisotopic (exact) mass is 508 g/mol. The Bertz CT molecular complexity index is 1090. The third-order valence-corrected chi connectivity index (χ3v) is 6.90. The lowest BCUT2D eigenvalue weighted by Gasteiger charge is -2.44. The Balaban J connectivity index is 1.60. The van der Waals surface area contributed by atoms with Gasteiger partial charge >= 0.3 is 6.18 Å². The average Bonchev–Trinajstić information content (AvgIpc) is 3.16. The average molecular weight is 510 g/mol. The Morgan fingerprint density at radius 2 is 1.62 bits per heavy atom. The summed E-state index contributed by atoms with van der Waals surface area (Å²) in [7, 11) is 0. The summed E-state index contributed by atoms with van der Waals surface area (Å²) in [4.78, 5) is 17.6. The summed E-state index contributed by atoms with van der Waals surface area (Å²) in [6.07, 6.45) is -5.48. The molecule has 2 aliphatic rings. The maximum absolute atomic E-state index is 14.9. The van der Waals surface area contributed by atoms with Gasteiger partial charge in [-0.25, -0.2) is 4.39 Å². The number of carbonyl (C=O) groups is 1. The molecule has 170 valence electrons. The van der Waals surface area contributed by atoms with Gasteiger partial charge in [0.2, 0.25) is 5.91 Å². The van der Waals surface area contributed by atoms with Crippen LogP contribution >= 0.6 is 34.8 Å². The highest BCUT2D eigenvalue weighted by atomic mass is 35.5. The lowest BCUT2D eigenvalue weighted by Crippen LogP contribution is -2.58. The van der Waals surface area contributed by atoms with Gasteiger partial charge in [0.05, 0.1) is 33.9 Å². The van der Waals surface area contributed by atoms with Crippen molar-refractivity contribution in [2.24, 2.45) is 5.16 Å². The first-order chi connectivity index (χ1) is 14.9. The predicted octanol–water partition coefficient (Wildman–Crippen LogP) is 6.26. The van der Waals surface area contributed by atoms with Gasteiger partial charge < -0.3 is 9.74 Å². The molecule has 2 aromatic carbocycles. The van der Waals surface area contributed by atoms with Crippen molar-refractivity contribution in [1.29, 1.82) is 0 Å². The maximum Gasteiger partial charge on any atom is 0.435 e. The summed E-state index contributed by atoms with van der Waals surface area (Å²) >= 11 is 17.7. The van der Waals surface area contributed by atoms with E-state index in [1.807, 2.05) is 0 Å². The second-order valence-corrected chi connectivity index (χ2v) is 8.99. The van der Waals surface area contributed by atoms with Crippen molar-refractivity contribution < 1.29 is 27.2 Å². The van der Waals surface area contributed by atoms with Crippen LogP contribution in [0.4, 0.5) is 17.6 Å². The highest BCUT2D eigenvalue weighted by Crippen LogP contribution is 2.50. The third-order valence-electron chi connectivity index (χ3n) is 5.70. The van der Waals surface area contributed by atoms with Crippen LogP contribution in [0.25, 0.3) is 0 Å². The lowest BCUT2D eigenvalue weighted by atomic mass is 9.85. The molecule has 1 saturated heterocycles. The molecule has 0 bridgehead atoms. The molecule has 1 amide bonds. The van der Waals surface area contributed by atoms with Gasteiger partial charge in [0.25, 0.3) is 5.60 Å².